The average molecular weight is 662 g/mol. The maximum Gasteiger partial charge on any atom is 0.410 e. The van der Waals surface area contributed by atoms with Crippen molar-refractivity contribution >= 4 is 45.2 Å². The Morgan fingerprint density at radius 3 is 2.36 bits per heavy atom. The molecule has 0 aliphatic carbocycles. The number of ether oxygens (including phenoxy) is 2. The van der Waals surface area contributed by atoms with Gasteiger partial charge in [-0.2, -0.15) is 5.10 Å². The zero-order chi connectivity index (χ0) is 33.8. The normalized spacial score (nSPS) is 15.1. The Labute approximate surface area is 276 Å². The molecule has 5 rings (SSSR count). The largest absolute Gasteiger partial charge is 0.472 e. The van der Waals surface area contributed by atoms with Crippen molar-refractivity contribution in [2.75, 3.05) is 39.0 Å². The number of aromatic nitrogens is 3. The number of sulfonamides is 1. The van der Waals surface area contributed by atoms with Crippen LogP contribution in [-0.2, 0) is 26.9 Å². The predicted molar refractivity (Wildman–Crippen MR) is 183 cm³/mol. The summed E-state index contributed by atoms with van der Waals surface area (Å²) < 4.78 is 40.5. The van der Waals surface area contributed by atoms with Crippen LogP contribution in [0.4, 0.5) is 16.3 Å². The Kier molecular flexibility index (Phi) is 9.87. The summed E-state index contributed by atoms with van der Waals surface area (Å²) in [5.41, 5.74) is 1.38. The van der Waals surface area contributed by atoms with Crippen LogP contribution >= 0.6 is 0 Å². The Bertz CT molecular complexity index is 1810. The molecule has 0 bridgehead atoms. The van der Waals surface area contributed by atoms with E-state index in [1.807, 2.05) is 61.9 Å². The van der Waals surface area contributed by atoms with Crippen molar-refractivity contribution in [2.24, 2.45) is 4.99 Å². The number of likely N-dealkylation sites (tertiary alicyclic amines) is 1. The molecule has 1 saturated heterocycles. The number of carbonyl (C=O) groups excluding carboxylic acids is 1. The minimum Gasteiger partial charge on any atom is -0.472 e. The van der Waals surface area contributed by atoms with Gasteiger partial charge in [-0.05, 0) is 82.6 Å². The molecule has 1 aliphatic rings. The summed E-state index contributed by atoms with van der Waals surface area (Å²) in [6, 6.07) is 18.3. The SMILES string of the molecule is C=NCCC1(n2nc(Nc3ccc(S(=O)(=O)N(C)C)cc3)c3c(OCc4ccccc4)nccc32)CCN(C(=O)OC(C)(C)C)CC1. The van der Waals surface area contributed by atoms with E-state index < -0.39 is 21.2 Å². The van der Waals surface area contributed by atoms with Gasteiger partial charge >= 0.3 is 6.09 Å². The monoisotopic (exact) mass is 661 g/mol. The quantitative estimate of drug-likeness (QED) is 0.199. The molecule has 2 aromatic heterocycles. The highest BCUT2D eigenvalue weighted by Gasteiger charge is 2.41. The number of carbonyl (C=O) groups is 1. The van der Waals surface area contributed by atoms with E-state index in [1.165, 1.54) is 18.4 Å². The number of rotatable bonds is 11. The van der Waals surface area contributed by atoms with Crippen molar-refractivity contribution in [3.63, 3.8) is 0 Å². The van der Waals surface area contributed by atoms with Gasteiger partial charge in [0.2, 0.25) is 15.9 Å². The fraction of sp³-hybridized carbons (Fsp3) is 0.412. The van der Waals surface area contributed by atoms with E-state index >= 15 is 0 Å². The van der Waals surface area contributed by atoms with Crippen molar-refractivity contribution < 1.29 is 22.7 Å². The molecule has 0 unspecified atom stereocenters. The van der Waals surface area contributed by atoms with E-state index in [4.69, 9.17) is 14.6 Å². The summed E-state index contributed by atoms with van der Waals surface area (Å²) in [5, 5.41) is 9.23. The van der Waals surface area contributed by atoms with Crippen LogP contribution in [0.2, 0.25) is 0 Å². The van der Waals surface area contributed by atoms with Crippen LogP contribution in [0.15, 0.2) is 76.7 Å². The molecule has 0 radical (unpaired) electrons. The topological polar surface area (TPSA) is 131 Å². The standard InChI is InChI=1S/C34H43N7O5S/c1-33(2,3)46-32(42)40-22-18-34(19-23-40,17-21-35-4)41-28-16-20-36-31(45-24-25-10-8-7-9-11-25)29(28)30(38-41)37-26-12-14-27(15-13-26)47(43,44)39(5)6/h7-16,20H,4,17-19,21-24H2,1-3,5-6H3,(H,37,38). The first kappa shape index (κ1) is 33.9. The lowest BCUT2D eigenvalue weighted by Crippen LogP contribution is -2.49. The van der Waals surface area contributed by atoms with E-state index in [-0.39, 0.29) is 11.0 Å². The molecule has 0 saturated carbocycles. The zero-order valence-corrected chi connectivity index (χ0v) is 28.5. The fourth-order valence-corrected chi connectivity index (χ4v) is 6.57. The maximum atomic E-state index is 12.9. The maximum absolute atomic E-state index is 12.9. The second-order valence-electron chi connectivity index (χ2n) is 12.9. The second-order valence-corrected chi connectivity index (χ2v) is 15.0. The average Bonchev–Trinajstić information content (AvgIpc) is 3.42. The Morgan fingerprint density at radius 2 is 1.74 bits per heavy atom. The van der Waals surface area contributed by atoms with Crippen molar-refractivity contribution in [2.45, 2.75) is 62.7 Å². The van der Waals surface area contributed by atoms with Gasteiger partial charge in [-0.15, -0.1) is 0 Å². The number of hydrogen-bond acceptors (Lipinski definition) is 9. The Hall–Kier alpha value is -4.49. The molecule has 12 nitrogen and oxygen atoms in total. The minimum absolute atomic E-state index is 0.185. The van der Waals surface area contributed by atoms with Crippen molar-refractivity contribution in [3.8, 4) is 5.88 Å². The Balaban J connectivity index is 1.55. The lowest BCUT2D eigenvalue weighted by atomic mass is 9.84. The van der Waals surface area contributed by atoms with Gasteiger partial charge in [-0.25, -0.2) is 22.5 Å². The third-order valence-corrected chi connectivity index (χ3v) is 10.0. The molecule has 3 heterocycles. The number of benzene rings is 2. The highest BCUT2D eigenvalue weighted by Crippen LogP contribution is 2.41. The second kappa shape index (κ2) is 13.7. The smallest absolute Gasteiger partial charge is 0.410 e. The molecule has 250 valence electrons. The first-order valence-electron chi connectivity index (χ1n) is 15.6. The van der Waals surface area contributed by atoms with E-state index in [2.05, 4.69) is 22.0 Å². The van der Waals surface area contributed by atoms with Crippen LogP contribution in [0.3, 0.4) is 0 Å². The van der Waals surface area contributed by atoms with Crippen LogP contribution < -0.4 is 10.1 Å². The summed E-state index contributed by atoms with van der Waals surface area (Å²) in [5.74, 6) is 0.926. The minimum atomic E-state index is -3.59. The molecular formula is C34H43N7O5S. The van der Waals surface area contributed by atoms with Gasteiger partial charge in [0.25, 0.3) is 0 Å². The van der Waals surface area contributed by atoms with Gasteiger partial charge in [-0.3, -0.25) is 4.68 Å². The van der Waals surface area contributed by atoms with Gasteiger partial charge in [0.1, 0.15) is 17.6 Å². The summed E-state index contributed by atoms with van der Waals surface area (Å²) in [7, 11) is -0.585. The van der Waals surface area contributed by atoms with Gasteiger partial charge in [0, 0.05) is 45.6 Å². The van der Waals surface area contributed by atoms with Crippen LogP contribution in [0.1, 0.15) is 45.6 Å². The van der Waals surface area contributed by atoms with Gasteiger partial charge in [0.15, 0.2) is 5.82 Å². The lowest BCUT2D eigenvalue weighted by molar-refractivity contribution is 0.00984. The summed E-state index contributed by atoms with van der Waals surface area (Å²) in [6.45, 7) is 11.1. The number of nitrogens with one attached hydrogen (secondary N) is 1. The molecule has 1 N–H and O–H groups in total. The molecule has 1 amide bonds. The van der Waals surface area contributed by atoms with Gasteiger partial charge < -0.3 is 24.7 Å². The van der Waals surface area contributed by atoms with E-state index in [9.17, 15) is 13.2 Å². The first-order chi connectivity index (χ1) is 22.3. The van der Waals surface area contributed by atoms with Crippen molar-refractivity contribution in [1.82, 2.24) is 24.0 Å². The highest BCUT2D eigenvalue weighted by molar-refractivity contribution is 7.89. The van der Waals surface area contributed by atoms with Crippen LogP contribution in [0.5, 0.6) is 5.88 Å². The highest BCUT2D eigenvalue weighted by atomic mass is 32.2. The molecule has 47 heavy (non-hydrogen) atoms. The first-order valence-corrected chi connectivity index (χ1v) is 17.0. The summed E-state index contributed by atoms with van der Waals surface area (Å²) >= 11 is 0. The molecule has 4 aromatic rings. The van der Waals surface area contributed by atoms with Crippen molar-refractivity contribution in [1.29, 1.82) is 0 Å². The fourth-order valence-electron chi connectivity index (χ4n) is 5.67. The third kappa shape index (κ3) is 7.57. The number of aliphatic imine (C=N–C) groups is 1. The third-order valence-electron chi connectivity index (χ3n) is 8.20. The molecule has 13 heteroatoms. The number of fused-ring (bicyclic) bond motifs is 1. The number of nitrogens with zero attached hydrogens (tertiary/aromatic N) is 6. The van der Waals surface area contributed by atoms with E-state index in [0.717, 1.165) is 11.1 Å². The predicted octanol–water partition coefficient (Wildman–Crippen LogP) is 5.82. The summed E-state index contributed by atoms with van der Waals surface area (Å²) in [4.78, 5) is 23.6. The van der Waals surface area contributed by atoms with Gasteiger partial charge in [0.05, 0.1) is 16.0 Å². The van der Waals surface area contributed by atoms with E-state index in [1.54, 1.807) is 35.4 Å². The zero-order valence-electron chi connectivity index (χ0n) is 27.6. The lowest BCUT2D eigenvalue weighted by Gasteiger charge is -2.42. The number of hydrogen-bond donors (Lipinski definition) is 1. The number of anilines is 2. The van der Waals surface area contributed by atoms with E-state index in [0.29, 0.717) is 68.3 Å². The molecular weight excluding hydrogens is 618 g/mol. The van der Waals surface area contributed by atoms with Crippen molar-refractivity contribution in [3.05, 3.63) is 72.4 Å². The number of pyridine rings is 1. The molecule has 0 atom stereocenters. The molecule has 1 aliphatic heterocycles. The molecule has 0 spiro atoms. The molecule has 2 aromatic carbocycles. The Morgan fingerprint density at radius 1 is 1.06 bits per heavy atom. The van der Waals surface area contributed by atoms with Gasteiger partial charge in [-0.1, -0.05) is 30.3 Å². The van der Waals surface area contributed by atoms with Crippen LogP contribution in [0, 0.1) is 0 Å². The van der Waals surface area contributed by atoms with Crippen LogP contribution in [-0.4, -0.2) is 84.5 Å². The van der Waals surface area contributed by atoms with Crippen LogP contribution in [0.25, 0.3) is 10.9 Å². The summed E-state index contributed by atoms with van der Waals surface area (Å²) in [6.07, 6.45) is 3.28. The number of amides is 1. The molecule has 1 fully saturated rings. The number of piperidine rings is 1.